The normalized spacial score (nSPS) is 11.6. The molecule has 0 aromatic heterocycles. The van der Waals surface area contributed by atoms with E-state index < -0.39 is 16.0 Å². The number of carbonyl (C=O) groups excluding carboxylic acids is 1. The van der Waals surface area contributed by atoms with Gasteiger partial charge in [0.25, 0.3) is 0 Å². The highest BCUT2D eigenvalue weighted by Crippen LogP contribution is 2.21. The maximum absolute atomic E-state index is 12.4. The maximum Gasteiger partial charge on any atom is 0.307 e. The lowest BCUT2D eigenvalue weighted by Gasteiger charge is -2.18. The predicted octanol–water partition coefficient (Wildman–Crippen LogP) is 1.15. The summed E-state index contributed by atoms with van der Waals surface area (Å²) in [6, 6.07) is 4.72. The van der Waals surface area contributed by atoms with Crippen molar-refractivity contribution < 1.29 is 17.9 Å². The summed E-state index contributed by atoms with van der Waals surface area (Å²) < 4.78 is 30.7. The minimum atomic E-state index is -3.66. The summed E-state index contributed by atoms with van der Waals surface area (Å²) in [5, 5.41) is 0. The standard InChI is InChI=1S/C13H20N2O4S/c1-4-19-13(16)7-8-15(3)20(17,18)12-9-11(14)6-5-10(12)2/h5-6,9H,4,7-8,14H2,1-3H3. The Morgan fingerprint density at radius 2 is 2.05 bits per heavy atom. The lowest BCUT2D eigenvalue weighted by molar-refractivity contribution is -0.143. The molecule has 1 aromatic rings. The molecule has 0 unspecified atom stereocenters. The van der Waals surface area contributed by atoms with Crippen molar-refractivity contribution >= 4 is 21.7 Å². The molecule has 2 N–H and O–H groups in total. The number of rotatable bonds is 6. The number of hydrogen-bond acceptors (Lipinski definition) is 5. The van der Waals surface area contributed by atoms with E-state index in [1.165, 1.54) is 13.1 Å². The largest absolute Gasteiger partial charge is 0.466 e. The van der Waals surface area contributed by atoms with Crippen LogP contribution < -0.4 is 5.73 Å². The fourth-order valence-corrected chi connectivity index (χ4v) is 3.09. The molecule has 0 spiro atoms. The maximum atomic E-state index is 12.4. The van der Waals surface area contributed by atoms with Gasteiger partial charge in [0.15, 0.2) is 0 Å². The number of nitrogen functional groups attached to an aromatic ring is 1. The first kappa shape index (κ1) is 16.5. The molecule has 1 rings (SSSR count). The Labute approximate surface area is 119 Å². The Balaban J connectivity index is 2.87. The third-order valence-corrected chi connectivity index (χ3v) is 4.84. The minimum absolute atomic E-state index is 0.0188. The third kappa shape index (κ3) is 3.94. The van der Waals surface area contributed by atoms with E-state index in [9.17, 15) is 13.2 Å². The van der Waals surface area contributed by atoms with Gasteiger partial charge in [-0.2, -0.15) is 0 Å². The van der Waals surface area contributed by atoms with Crippen LogP contribution in [0.1, 0.15) is 18.9 Å². The van der Waals surface area contributed by atoms with Crippen molar-refractivity contribution in [3.05, 3.63) is 23.8 Å². The van der Waals surface area contributed by atoms with Crippen molar-refractivity contribution in [2.75, 3.05) is 25.9 Å². The molecule has 0 amide bonds. The van der Waals surface area contributed by atoms with Crippen LogP contribution in [0.3, 0.4) is 0 Å². The second-order valence-corrected chi connectivity index (χ2v) is 6.42. The second kappa shape index (κ2) is 6.71. The average molecular weight is 300 g/mol. The zero-order valence-corrected chi connectivity index (χ0v) is 12.7. The van der Waals surface area contributed by atoms with E-state index >= 15 is 0 Å². The van der Waals surface area contributed by atoms with E-state index in [2.05, 4.69) is 0 Å². The van der Waals surface area contributed by atoms with Gasteiger partial charge >= 0.3 is 5.97 Å². The molecular formula is C13H20N2O4S. The van der Waals surface area contributed by atoms with E-state index in [0.29, 0.717) is 11.3 Å². The second-order valence-electron chi connectivity index (χ2n) is 4.41. The van der Waals surface area contributed by atoms with Gasteiger partial charge in [-0.15, -0.1) is 0 Å². The van der Waals surface area contributed by atoms with Crippen molar-refractivity contribution in [3.8, 4) is 0 Å². The molecule has 0 atom stereocenters. The molecule has 0 aliphatic carbocycles. The topological polar surface area (TPSA) is 89.7 Å². The van der Waals surface area contributed by atoms with Crippen molar-refractivity contribution in [1.82, 2.24) is 4.31 Å². The van der Waals surface area contributed by atoms with Crippen LogP contribution in [0.25, 0.3) is 0 Å². The summed E-state index contributed by atoms with van der Waals surface area (Å²) in [4.78, 5) is 11.4. The molecule has 1 aromatic carbocycles. The van der Waals surface area contributed by atoms with Crippen LogP contribution in [0.2, 0.25) is 0 Å². The van der Waals surface area contributed by atoms with Gasteiger partial charge in [0, 0.05) is 19.3 Å². The van der Waals surface area contributed by atoms with E-state index in [4.69, 9.17) is 10.5 Å². The number of esters is 1. The van der Waals surface area contributed by atoms with Crippen LogP contribution in [0.15, 0.2) is 23.1 Å². The van der Waals surface area contributed by atoms with E-state index in [0.717, 1.165) is 4.31 Å². The van der Waals surface area contributed by atoms with Gasteiger partial charge in [-0.3, -0.25) is 4.79 Å². The Hall–Kier alpha value is -1.60. The summed E-state index contributed by atoms with van der Waals surface area (Å²) in [6.07, 6.45) is 0.0188. The zero-order valence-electron chi connectivity index (χ0n) is 11.9. The molecule has 0 bridgehead atoms. The number of ether oxygens (including phenoxy) is 1. The Morgan fingerprint density at radius 3 is 2.65 bits per heavy atom. The van der Waals surface area contributed by atoms with Crippen LogP contribution in [0, 0.1) is 6.92 Å². The van der Waals surface area contributed by atoms with Crippen LogP contribution >= 0.6 is 0 Å². The SMILES string of the molecule is CCOC(=O)CCN(C)S(=O)(=O)c1cc(N)ccc1C. The van der Waals surface area contributed by atoms with E-state index in [1.807, 2.05) is 0 Å². The van der Waals surface area contributed by atoms with Gasteiger partial charge in [-0.05, 0) is 31.5 Å². The number of anilines is 1. The van der Waals surface area contributed by atoms with Crippen LogP contribution in [-0.2, 0) is 19.6 Å². The average Bonchev–Trinajstić information content (AvgIpc) is 2.38. The quantitative estimate of drug-likeness (QED) is 0.629. The van der Waals surface area contributed by atoms with Gasteiger partial charge < -0.3 is 10.5 Å². The van der Waals surface area contributed by atoms with Crippen molar-refractivity contribution in [2.24, 2.45) is 0 Å². The fraction of sp³-hybridized carbons (Fsp3) is 0.462. The molecule has 7 heteroatoms. The number of carbonyl (C=O) groups is 1. The minimum Gasteiger partial charge on any atom is -0.466 e. The van der Waals surface area contributed by atoms with Gasteiger partial charge in [0.1, 0.15) is 0 Å². The Morgan fingerprint density at radius 1 is 1.40 bits per heavy atom. The smallest absolute Gasteiger partial charge is 0.307 e. The number of benzene rings is 1. The van der Waals surface area contributed by atoms with E-state index in [1.54, 1.807) is 26.0 Å². The molecule has 112 valence electrons. The first-order chi connectivity index (χ1) is 9.28. The summed E-state index contributed by atoms with van der Waals surface area (Å²) in [7, 11) is -2.23. The van der Waals surface area contributed by atoms with E-state index in [-0.39, 0.29) is 24.5 Å². The van der Waals surface area contributed by atoms with Crippen LogP contribution in [0.5, 0.6) is 0 Å². The number of nitrogens with two attached hydrogens (primary N) is 1. The highest BCUT2D eigenvalue weighted by molar-refractivity contribution is 7.89. The monoisotopic (exact) mass is 300 g/mol. The molecule has 0 radical (unpaired) electrons. The third-order valence-electron chi connectivity index (χ3n) is 2.84. The summed E-state index contributed by atoms with van der Waals surface area (Å²) in [5.41, 5.74) is 6.62. The van der Waals surface area contributed by atoms with Gasteiger partial charge in [-0.25, -0.2) is 12.7 Å². The summed E-state index contributed by atoms with van der Waals surface area (Å²) >= 11 is 0. The highest BCUT2D eigenvalue weighted by atomic mass is 32.2. The van der Waals surface area contributed by atoms with Gasteiger partial charge in [0.05, 0.1) is 17.9 Å². The predicted molar refractivity (Wildman–Crippen MR) is 76.7 cm³/mol. The number of aryl methyl sites for hydroxylation is 1. The molecule has 6 nitrogen and oxygen atoms in total. The van der Waals surface area contributed by atoms with Gasteiger partial charge in [-0.1, -0.05) is 6.07 Å². The molecule has 0 fully saturated rings. The number of hydrogen-bond donors (Lipinski definition) is 1. The lowest BCUT2D eigenvalue weighted by Crippen LogP contribution is -2.30. The molecule has 0 saturated heterocycles. The van der Waals surface area contributed by atoms with Crippen molar-refractivity contribution in [1.29, 1.82) is 0 Å². The summed E-state index contributed by atoms with van der Waals surface area (Å²) in [6.45, 7) is 3.75. The number of sulfonamides is 1. The van der Waals surface area contributed by atoms with Crippen molar-refractivity contribution in [3.63, 3.8) is 0 Å². The first-order valence-corrected chi connectivity index (χ1v) is 7.71. The molecule has 0 saturated carbocycles. The van der Waals surface area contributed by atoms with Crippen LogP contribution in [-0.4, -0.2) is 38.9 Å². The number of nitrogens with zero attached hydrogens (tertiary/aromatic N) is 1. The van der Waals surface area contributed by atoms with Crippen molar-refractivity contribution in [2.45, 2.75) is 25.2 Å². The Bertz CT molecular complexity index is 584. The summed E-state index contributed by atoms with van der Waals surface area (Å²) in [5.74, 6) is -0.418. The molecule has 20 heavy (non-hydrogen) atoms. The molecule has 0 aliphatic rings. The molecule has 0 aliphatic heterocycles. The molecular weight excluding hydrogens is 280 g/mol. The Kier molecular flexibility index (Phi) is 5.52. The zero-order chi connectivity index (χ0) is 15.3. The fourth-order valence-electron chi connectivity index (χ4n) is 1.66. The molecule has 0 heterocycles. The first-order valence-electron chi connectivity index (χ1n) is 6.27. The van der Waals surface area contributed by atoms with Gasteiger partial charge in [0.2, 0.25) is 10.0 Å². The lowest BCUT2D eigenvalue weighted by atomic mass is 10.2. The van der Waals surface area contributed by atoms with Crippen LogP contribution in [0.4, 0.5) is 5.69 Å². The highest BCUT2D eigenvalue weighted by Gasteiger charge is 2.23.